The SMILES string of the molecule is Cc1ccc(C(N)C(=O)N(C)CCC(N)C(C)C)cc1. The van der Waals surface area contributed by atoms with Crippen molar-refractivity contribution in [3.05, 3.63) is 35.4 Å². The molecule has 0 bridgehead atoms. The first-order valence-corrected chi connectivity index (χ1v) is 7.15. The molecule has 0 aliphatic rings. The van der Waals surface area contributed by atoms with E-state index in [0.717, 1.165) is 17.5 Å². The molecule has 0 radical (unpaired) electrons. The van der Waals surface area contributed by atoms with Crippen molar-refractivity contribution in [2.24, 2.45) is 17.4 Å². The number of carbonyl (C=O) groups is 1. The van der Waals surface area contributed by atoms with Crippen LogP contribution in [0.3, 0.4) is 0 Å². The molecule has 0 saturated heterocycles. The van der Waals surface area contributed by atoms with Crippen molar-refractivity contribution in [3.63, 3.8) is 0 Å². The largest absolute Gasteiger partial charge is 0.344 e. The zero-order valence-electron chi connectivity index (χ0n) is 13.0. The summed E-state index contributed by atoms with van der Waals surface area (Å²) in [5, 5.41) is 0. The summed E-state index contributed by atoms with van der Waals surface area (Å²) < 4.78 is 0. The van der Waals surface area contributed by atoms with Gasteiger partial charge in [-0.1, -0.05) is 43.7 Å². The molecule has 4 heteroatoms. The lowest BCUT2D eigenvalue weighted by Crippen LogP contribution is -2.39. The van der Waals surface area contributed by atoms with Crippen molar-refractivity contribution in [1.29, 1.82) is 0 Å². The van der Waals surface area contributed by atoms with Crippen LogP contribution in [0.15, 0.2) is 24.3 Å². The minimum Gasteiger partial charge on any atom is -0.344 e. The maximum absolute atomic E-state index is 12.3. The van der Waals surface area contributed by atoms with Crippen LogP contribution in [-0.2, 0) is 4.79 Å². The van der Waals surface area contributed by atoms with Crippen LogP contribution in [0.4, 0.5) is 0 Å². The minimum atomic E-state index is -0.601. The van der Waals surface area contributed by atoms with E-state index in [9.17, 15) is 4.79 Å². The summed E-state index contributed by atoms with van der Waals surface area (Å²) in [6, 6.07) is 7.27. The van der Waals surface area contributed by atoms with Crippen LogP contribution in [-0.4, -0.2) is 30.4 Å². The highest BCUT2D eigenvalue weighted by atomic mass is 16.2. The number of nitrogens with zero attached hydrogens (tertiary/aromatic N) is 1. The first kappa shape index (κ1) is 16.7. The molecular weight excluding hydrogens is 250 g/mol. The predicted molar refractivity (Wildman–Crippen MR) is 83.2 cm³/mol. The van der Waals surface area contributed by atoms with Crippen LogP contribution in [0.25, 0.3) is 0 Å². The highest BCUT2D eigenvalue weighted by Gasteiger charge is 2.20. The van der Waals surface area contributed by atoms with Gasteiger partial charge in [-0.25, -0.2) is 0 Å². The first-order chi connectivity index (χ1) is 9.32. The summed E-state index contributed by atoms with van der Waals surface area (Å²) in [5.74, 6) is 0.356. The minimum absolute atomic E-state index is 0.0650. The molecule has 0 saturated carbocycles. The molecule has 0 aromatic heterocycles. The predicted octanol–water partition coefficient (Wildman–Crippen LogP) is 1.83. The molecule has 0 heterocycles. The molecule has 20 heavy (non-hydrogen) atoms. The molecule has 4 nitrogen and oxygen atoms in total. The second-order valence-corrected chi connectivity index (χ2v) is 5.84. The average Bonchev–Trinajstić information content (AvgIpc) is 2.43. The number of benzene rings is 1. The maximum Gasteiger partial charge on any atom is 0.243 e. The van der Waals surface area contributed by atoms with Gasteiger partial charge in [0, 0.05) is 19.6 Å². The number of likely N-dealkylation sites (N-methyl/N-ethyl adjacent to an activating group) is 1. The van der Waals surface area contributed by atoms with E-state index in [1.165, 1.54) is 0 Å². The van der Waals surface area contributed by atoms with Crippen molar-refractivity contribution < 1.29 is 4.79 Å². The summed E-state index contributed by atoms with van der Waals surface area (Å²) in [4.78, 5) is 13.9. The molecular formula is C16H27N3O. The Morgan fingerprint density at radius 2 is 1.75 bits per heavy atom. The number of carbonyl (C=O) groups excluding carboxylic acids is 1. The van der Waals surface area contributed by atoms with Crippen LogP contribution in [0.2, 0.25) is 0 Å². The molecule has 0 fully saturated rings. The van der Waals surface area contributed by atoms with Gasteiger partial charge >= 0.3 is 0 Å². The Morgan fingerprint density at radius 1 is 1.20 bits per heavy atom. The van der Waals surface area contributed by atoms with Gasteiger partial charge in [0.25, 0.3) is 0 Å². The molecule has 1 aromatic carbocycles. The number of amides is 1. The fraction of sp³-hybridized carbons (Fsp3) is 0.562. The second kappa shape index (κ2) is 7.41. The standard InChI is InChI=1S/C16H27N3O/c1-11(2)14(17)9-10-19(4)16(20)15(18)13-7-5-12(3)6-8-13/h5-8,11,14-15H,9-10,17-18H2,1-4H3. The van der Waals surface area contributed by atoms with E-state index in [4.69, 9.17) is 11.5 Å². The van der Waals surface area contributed by atoms with Crippen molar-refractivity contribution >= 4 is 5.91 Å². The highest BCUT2D eigenvalue weighted by molar-refractivity contribution is 5.82. The van der Waals surface area contributed by atoms with E-state index in [1.54, 1.807) is 11.9 Å². The molecule has 0 spiro atoms. The van der Waals surface area contributed by atoms with E-state index in [-0.39, 0.29) is 11.9 Å². The van der Waals surface area contributed by atoms with Gasteiger partial charge in [-0.05, 0) is 24.8 Å². The summed E-state index contributed by atoms with van der Waals surface area (Å²) in [7, 11) is 1.78. The Morgan fingerprint density at radius 3 is 2.25 bits per heavy atom. The second-order valence-electron chi connectivity index (χ2n) is 5.84. The van der Waals surface area contributed by atoms with Crippen molar-refractivity contribution in [3.8, 4) is 0 Å². The van der Waals surface area contributed by atoms with Gasteiger partial charge in [0.1, 0.15) is 6.04 Å². The van der Waals surface area contributed by atoms with Crippen molar-refractivity contribution in [2.45, 2.75) is 39.3 Å². The maximum atomic E-state index is 12.3. The molecule has 4 N–H and O–H groups in total. The van der Waals surface area contributed by atoms with Gasteiger partial charge in [-0.15, -0.1) is 0 Å². The number of hydrogen-bond acceptors (Lipinski definition) is 3. The van der Waals surface area contributed by atoms with Gasteiger partial charge in [-0.3, -0.25) is 4.79 Å². The normalized spacial score (nSPS) is 14.2. The lowest BCUT2D eigenvalue weighted by molar-refractivity contribution is -0.131. The van der Waals surface area contributed by atoms with E-state index in [2.05, 4.69) is 13.8 Å². The topological polar surface area (TPSA) is 72.4 Å². The Hall–Kier alpha value is -1.39. The van der Waals surface area contributed by atoms with Crippen LogP contribution < -0.4 is 11.5 Å². The lowest BCUT2D eigenvalue weighted by Gasteiger charge is -2.24. The van der Waals surface area contributed by atoms with E-state index in [1.807, 2.05) is 31.2 Å². The van der Waals surface area contributed by atoms with E-state index in [0.29, 0.717) is 12.5 Å². The molecule has 0 aliphatic heterocycles. The van der Waals surface area contributed by atoms with Gasteiger partial charge in [0.05, 0.1) is 0 Å². The summed E-state index contributed by atoms with van der Waals surface area (Å²) in [6.45, 7) is 6.82. The van der Waals surface area contributed by atoms with Crippen LogP contribution in [0.5, 0.6) is 0 Å². The average molecular weight is 277 g/mol. The Bertz CT molecular complexity index is 428. The third kappa shape index (κ3) is 4.62. The first-order valence-electron chi connectivity index (χ1n) is 7.15. The van der Waals surface area contributed by atoms with Crippen molar-refractivity contribution in [2.75, 3.05) is 13.6 Å². The van der Waals surface area contributed by atoms with E-state index < -0.39 is 6.04 Å². The Balaban J connectivity index is 2.57. The molecule has 1 rings (SSSR count). The van der Waals surface area contributed by atoms with E-state index >= 15 is 0 Å². The monoisotopic (exact) mass is 277 g/mol. The zero-order valence-corrected chi connectivity index (χ0v) is 13.0. The summed E-state index contributed by atoms with van der Waals surface area (Å²) in [6.07, 6.45) is 0.792. The van der Waals surface area contributed by atoms with Crippen LogP contribution in [0, 0.1) is 12.8 Å². The lowest BCUT2D eigenvalue weighted by atomic mass is 10.0. The fourth-order valence-electron chi connectivity index (χ4n) is 1.94. The molecule has 1 amide bonds. The quantitative estimate of drug-likeness (QED) is 0.833. The smallest absolute Gasteiger partial charge is 0.243 e. The number of hydrogen-bond donors (Lipinski definition) is 2. The number of rotatable bonds is 6. The van der Waals surface area contributed by atoms with Gasteiger partial charge in [0.2, 0.25) is 5.91 Å². The fourth-order valence-corrected chi connectivity index (χ4v) is 1.94. The van der Waals surface area contributed by atoms with Gasteiger partial charge in [-0.2, -0.15) is 0 Å². The molecule has 0 aliphatic carbocycles. The zero-order chi connectivity index (χ0) is 15.3. The van der Waals surface area contributed by atoms with Crippen LogP contribution >= 0.6 is 0 Å². The number of nitrogens with two attached hydrogens (primary N) is 2. The third-order valence-corrected chi connectivity index (χ3v) is 3.73. The third-order valence-electron chi connectivity index (χ3n) is 3.73. The van der Waals surface area contributed by atoms with Crippen molar-refractivity contribution in [1.82, 2.24) is 4.90 Å². The molecule has 1 aromatic rings. The highest BCUT2D eigenvalue weighted by Crippen LogP contribution is 2.14. The van der Waals surface area contributed by atoms with Gasteiger partial charge in [0.15, 0.2) is 0 Å². The summed E-state index contributed by atoms with van der Waals surface area (Å²) >= 11 is 0. The molecule has 112 valence electrons. The molecule has 2 atom stereocenters. The molecule has 2 unspecified atom stereocenters. The van der Waals surface area contributed by atoms with Crippen LogP contribution in [0.1, 0.15) is 37.4 Å². The Labute approximate surface area is 122 Å². The van der Waals surface area contributed by atoms with Gasteiger partial charge < -0.3 is 16.4 Å². The summed E-state index contributed by atoms with van der Waals surface area (Å²) in [5.41, 5.74) is 14.0. The Kier molecular flexibility index (Phi) is 6.17. The number of aryl methyl sites for hydroxylation is 1.